The maximum Gasteiger partial charge on any atom is 0.416 e. The van der Waals surface area contributed by atoms with E-state index in [4.69, 9.17) is 0 Å². The van der Waals surface area contributed by atoms with Crippen LogP contribution in [-0.4, -0.2) is 10.9 Å². The number of carbonyl (C=O) groups is 1. The van der Waals surface area contributed by atoms with E-state index < -0.39 is 11.7 Å². The van der Waals surface area contributed by atoms with E-state index in [-0.39, 0.29) is 10.7 Å². The van der Waals surface area contributed by atoms with Gasteiger partial charge in [-0.3, -0.25) is 4.79 Å². The van der Waals surface area contributed by atoms with Gasteiger partial charge in [0.05, 0.1) is 5.56 Å². The van der Waals surface area contributed by atoms with Gasteiger partial charge in [-0.2, -0.15) is 13.2 Å². The van der Waals surface area contributed by atoms with E-state index in [1.54, 1.807) is 12.2 Å². The molecule has 0 N–H and O–H groups in total. The summed E-state index contributed by atoms with van der Waals surface area (Å²) >= 11 is 1.16. The molecule has 0 unspecified atom stereocenters. The van der Waals surface area contributed by atoms with Gasteiger partial charge < -0.3 is 0 Å². The van der Waals surface area contributed by atoms with E-state index in [1.165, 1.54) is 26.0 Å². The topological polar surface area (TPSA) is 17.1 Å². The molecule has 1 aromatic rings. The van der Waals surface area contributed by atoms with Crippen LogP contribution in [0.2, 0.25) is 0 Å². The van der Waals surface area contributed by atoms with Crippen molar-refractivity contribution in [1.82, 2.24) is 0 Å². The first-order chi connectivity index (χ1) is 8.30. The van der Waals surface area contributed by atoms with E-state index in [1.807, 2.05) is 0 Å². The molecule has 1 aromatic carbocycles. The Balaban J connectivity index is 2.76. The minimum absolute atomic E-state index is 0.0169. The zero-order chi connectivity index (χ0) is 13.8. The van der Waals surface area contributed by atoms with Gasteiger partial charge in [-0.15, -0.1) is 0 Å². The van der Waals surface area contributed by atoms with Crippen molar-refractivity contribution in [1.29, 1.82) is 0 Å². The van der Waals surface area contributed by atoms with Gasteiger partial charge in [0.1, 0.15) is 0 Å². The Labute approximate surface area is 108 Å². The van der Waals surface area contributed by atoms with Crippen LogP contribution in [0, 0.1) is 6.92 Å². The van der Waals surface area contributed by atoms with Crippen molar-refractivity contribution >= 4 is 23.0 Å². The Hall–Kier alpha value is -1.23. The lowest BCUT2D eigenvalue weighted by Gasteiger charge is -2.10. The van der Waals surface area contributed by atoms with Gasteiger partial charge in [0.25, 0.3) is 0 Å². The first-order valence-electron chi connectivity index (χ1n) is 5.28. The maximum atomic E-state index is 12.5. The van der Waals surface area contributed by atoms with E-state index in [0.717, 1.165) is 17.8 Å². The Morgan fingerprint density at radius 2 is 2.06 bits per heavy atom. The third-order valence-electron chi connectivity index (χ3n) is 2.25. The number of halogens is 3. The second-order valence-electron chi connectivity index (χ2n) is 3.78. The lowest BCUT2D eigenvalue weighted by molar-refractivity contribution is -0.138. The summed E-state index contributed by atoms with van der Waals surface area (Å²) in [5, 5.41) is 0.0169. The largest absolute Gasteiger partial charge is 0.416 e. The first-order valence-corrected chi connectivity index (χ1v) is 6.27. The van der Waals surface area contributed by atoms with Crippen LogP contribution in [0.25, 0.3) is 6.08 Å². The SMILES string of the molecule is CC(=O)SCC=Cc1ccc(C(F)(F)F)c(C)c1. The quantitative estimate of drug-likeness (QED) is 0.817. The van der Waals surface area contributed by atoms with Crippen molar-refractivity contribution in [2.24, 2.45) is 0 Å². The standard InChI is InChI=1S/C13H13F3OS/c1-9-8-11(4-3-7-18-10(2)17)5-6-12(9)13(14,15)16/h3-6,8H,7H2,1-2H3. The monoisotopic (exact) mass is 274 g/mol. The number of aryl methyl sites for hydroxylation is 1. The molecule has 0 aliphatic rings. The summed E-state index contributed by atoms with van der Waals surface area (Å²) in [6.45, 7) is 2.91. The van der Waals surface area contributed by atoms with Crippen LogP contribution in [0.15, 0.2) is 24.3 Å². The number of carbonyl (C=O) groups excluding carboxylic acids is 1. The third-order valence-corrected chi connectivity index (χ3v) is 3.01. The summed E-state index contributed by atoms with van der Waals surface area (Å²) in [6.07, 6.45) is -0.839. The lowest BCUT2D eigenvalue weighted by atomic mass is 10.0. The molecule has 0 aliphatic carbocycles. The predicted octanol–water partition coefficient (Wildman–Crippen LogP) is 4.31. The van der Waals surface area contributed by atoms with Crippen molar-refractivity contribution < 1.29 is 18.0 Å². The number of thioether (sulfide) groups is 1. The molecular weight excluding hydrogens is 261 g/mol. The van der Waals surface area contributed by atoms with Gasteiger partial charge in [-0.1, -0.05) is 36.0 Å². The van der Waals surface area contributed by atoms with Gasteiger partial charge >= 0.3 is 6.18 Å². The molecule has 1 nitrogen and oxygen atoms in total. The predicted molar refractivity (Wildman–Crippen MR) is 68.4 cm³/mol. The van der Waals surface area contributed by atoms with Crippen LogP contribution in [-0.2, 0) is 11.0 Å². The van der Waals surface area contributed by atoms with E-state index in [0.29, 0.717) is 11.3 Å². The van der Waals surface area contributed by atoms with Crippen LogP contribution in [0.5, 0.6) is 0 Å². The van der Waals surface area contributed by atoms with Crippen LogP contribution >= 0.6 is 11.8 Å². The molecule has 0 radical (unpaired) electrons. The average Bonchev–Trinajstić information content (AvgIpc) is 2.22. The highest BCUT2D eigenvalue weighted by molar-refractivity contribution is 8.13. The number of hydrogen-bond donors (Lipinski definition) is 0. The summed E-state index contributed by atoms with van der Waals surface area (Å²) in [5.74, 6) is 0.523. The van der Waals surface area contributed by atoms with E-state index >= 15 is 0 Å². The van der Waals surface area contributed by atoms with E-state index in [9.17, 15) is 18.0 Å². The molecule has 18 heavy (non-hydrogen) atoms. The maximum absolute atomic E-state index is 12.5. The molecule has 0 heterocycles. The molecule has 0 saturated heterocycles. The van der Waals surface area contributed by atoms with Gasteiger partial charge in [0, 0.05) is 12.7 Å². The number of alkyl halides is 3. The van der Waals surface area contributed by atoms with Crippen molar-refractivity contribution in [2.75, 3.05) is 5.75 Å². The van der Waals surface area contributed by atoms with Crippen molar-refractivity contribution in [3.05, 3.63) is 41.0 Å². The van der Waals surface area contributed by atoms with Gasteiger partial charge in [0.2, 0.25) is 0 Å². The second-order valence-corrected chi connectivity index (χ2v) is 4.97. The number of rotatable bonds is 3. The summed E-state index contributed by atoms with van der Waals surface area (Å²) in [4.78, 5) is 10.7. The normalized spacial score (nSPS) is 12.1. The average molecular weight is 274 g/mol. The molecule has 0 fully saturated rings. The Morgan fingerprint density at radius 1 is 1.39 bits per heavy atom. The molecule has 5 heteroatoms. The highest BCUT2D eigenvalue weighted by Gasteiger charge is 2.31. The molecule has 98 valence electrons. The fraction of sp³-hybridized carbons (Fsp3) is 0.308. The highest BCUT2D eigenvalue weighted by Crippen LogP contribution is 2.32. The Kier molecular flexibility index (Phi) is 5.02. The lowest BCUT2D eigenvalue weighted by Crippen LogP contribution is -2.07. The zero-order valence-electron chi connectivity index (χ0n) is 10.0. The number of hydrogen-bond acceptors (Lipinski definition) is 2. The first kappa shape index (κ1) is 14.8. The summed E-state index contributed by atoms with van der Waals surface area (Å²) in [7, 11) is 0. The molecule has 0 spiro atoms. The Morgan fingerprint density at radius 3 is 2.56 bits per heavy atom. The molecule has 0 atom stereocenters. The molecular formula is C13H13F3OS. The van der Waals surface area contributed by atoms with Gasteiger partial charge in [-0.25, -0.2) is 0 Å². The van der Waals surface area contributed by atoms with Crippen molar-refractivity contribution in [3.8, 4) is 0 Å². The zero-order valence-corrected chi connectivity index (χ0v) is 10.9. The van der Waals surface area contributed by atoms with Crippen LogP contribution in [0.3, 0.4) is 0 Å². The number of benzene rings is 1. The second kappa shape index (κ2) is 6.09. The minimum atomic E-state index is -4.31. The van der Waals surface area contributed by atoms with Crippen molar-refractivity contribution in [2.45, 2.75) is 20.0 Å². The van der Waals surface area contributed by atoms with Gasteiger partial charge in [0.15, 0.2) is 5.12 Å². The van der Waals surface area contributed by atoms with Gasteiger partial charge in [-0.05, 0) is 24.1 Å². The molecule has 0 amide bonds. The van der Waals surface area contributed by atoms with Crippen LogP contribution < -0.4 is 0 Å². The minimum Gasteiger partial charge on any atom is -0.288 e. The Bertz CT molecular complexity index is 464. The van der Waals surface area contributed by atoms with Crippen LogP contribution in [0.4, 0.5) is 13.2 Å². The molecule has 1 rings (SSSR count). The summed E-state index contributed by atoms with van der Waals surface area (Å²) < 4.78 is 37.6. The van der Waals surface area contributed by atoms with Crippen LogP contribution in [0.1, 0.15) is 23.6 Å². The fourth-order valence-corrected chi connectivity index (χ4v) is 1.89. The molecule has 0 bridgehead atoms. The molecule has 0 aromatic heterocycles. The smallest absolute Gasteiger partial charge is 0.288 e. The molecule has 0 saturated carbocycles. The summed E-state index contributed by atoms with van der Waals surface area (Å²) in [6, 6.07) is 3.98. The summed E-state index contributed by atoms with van der Waals surface area (Å²) in [5.41, 5.74) is 0.284. The van der Waals surface area contributed by atoms with Crippen molar-refractivity contribution in [3.63, 3.8) is 0 Å². The molecule has 0 aliphatic heterocycles. The highest BCUT2D eigenvalue weighted by atomic mass is 32.2. The fourth-order valence-electron chi connectivity index (χ4n) is 1.46. The van der Waals surface area contributed by atoms with E-state index in [2.05, 4.69) is 0 Å². The third kappa shape index (κ3) is 4.56.